The fraction of sp³-hybridized carbons (Fsp3) is 0.103. The van der Waals surface area contributed by atoms with Crippen molar-refractivity contribution in [3.05, 3.63) is 246 Å². The minimum Gasteiger partial charge on any atom is -0.314 e. The molecule has 8 aromatic rings. The molecule has 0 unspecified atom stereocenters. The molecule has 298 valence electrons. The smallest absolute Gasteiger partial charge is 0.0462 e. The van der Waals surface area contributed by atoms with Gasteiger partial charge in [-0.1, -0.05) is 131 Å². The van der Waals surface area contributed by atoms with E-state index >= 15 is 0 Å². The molecular weight excluding hydrogens is 739 g/mol. The van der Waals surface area contributed by atoms with Crippen molar-refractivity contribution in [2.24, 2.45) is 0 Å². The molecule has 3 nitrogen and oxygen atoms in total. The molecule has 0 amide bonds. The second kappa shape index (κ2) is 17.5. The predicted octanol–water partition coefficient (Wildman–Crippen LogP) is 16.4. The summed E-state index contributed by atoms with van der Waals surface area (Å²) in [6.45, 7) is 8.53. The number of anilines is 8. The summed E-state index contributed by atoms with van der Waals surface area (Å²) >= 11 is 0. The third-order valence-electron chi connectivity index (χ3n) is 11.7. The predicted molar refractivity (Wildman–Crippen MR) is 261 cm³/mol. The van der Waals surface area contributed by atoms with Gasteiger partial charge in [0.2, 0.25) is 0 Å². The van der Waals surface area contributed by atoms with Gasteiger partial charge in [-0.05, 0) is 166 Å². The van der Waals surface area contributed by atoms with E-state index in [4.69, 9.17) is 0 Å². The van der Waals surface area contributed by atoms with Gasteiger partial charge in [0.15, 0.2) is 0 Å². The number of benzene rings is 8. The third-order valence-corrected chi connectivity index (χ3v) is 11.7. The van der Waals surface area contributed by atoms with E-state index in [0.717, 1.165) is 58.3 Å². The van der Waals surface area contributed by atoms with E-state index in [2.05, 4.69) is 255 Å². The lowest BCUT2D eigenvalue weighted by molar-refractivity contribution is 0.930. The van der Waals surface area contributed by atoms with Gasteiger partial charge < -0.3 is 14.7 Å². The fourth-order valence-electron chi connectivity index (χ4n) is 8.21. The second-order valence-electron chi connectivity index (χ2n) is 16.2. The first-order valence-electron chi connectivity index (χ1n) is 21.3. The lowest BCUT2D eigenvalue weighted by Gasteiger charge is -2.30. The monoisotopic (exact) mass is 789 g/mol. The van der Waals surface area contributed by atoms with Gasteiger partial charge in [-0.3, -0.25) is 0 Å². The Hall–Kier alpha value is -7.36. The van der Waals surface area contributed by atoms with Gasteiger partial charge in [-0.15, -0.1) is 0 Å². The van der Waals surface area contributed by atoms with Crippen LogP contribution in [0, 0.1) is 27.7 Å². The topological polar surface area (TPSA) is 9.72 Å². The summed E-state index contributed by atoms with van der Waals surface area (Å²) in [6, 6.07) is 72.8. The molecule has 8 aromatic carbocycles. The first kappa shape index (κ1) is 39.1. The van der Waals surface area contributed by atoms with Gasteiger partial charge >= 0.3 is 0 Å². The maximum absolute atomic E-state index is 2.41. The molecular formula is C58H51N3. The van der Waals surface area contributed by atoms with Crippen LogP contribution < -0.4 is 14.7 Å². The van der Waals surface area contributed by atoms with Gasteiger partial charge in [-0.25, -0.2) is 0 Å². The van der Waals surface area contributed by atoms with Crippen LogP contribution in [0.15, 0.2) is 218 Å². The van der Waals surface area contributed by atoms with Gasteiger partial charge in [0, 0.05) is 51.2 Å². The molecule has 1 aliphatic carbocycles. The number of rotatable bonds is 11. The average molecular weight is 790 g/mol. The Kier molecular flexibility index (Phi) is 11.2. The van der Waals surface area contributed by atoms with Crippen LogP contribution in [0.2, 0.25) is 0 Å². The minimum absolute atomic E-state index is 0.934. The van der Waals surface area contributed by atoms with Gasteiger partial charge in [0.25, 0.3) is 0 Å². The molecule has 0 spiro atoms. The Morgan fingerprint density at radius 2 is 0.557 bits per heavy atom. The Morgan fingerprint density at radius 3 is 0.885 bits per heavy atom. The molecule has 0 bridgehead atoms. The van der Waals surface area contributed by atoms with Crippen LogP contribution in [0.4, 0.5) is 45.5 Å². The molecule has 0 heterocycles. The largest absolute Gasteiger partial charge is 0.314 e. The molecule has 0 N–H and O–H groups in total. The van der Waals surface area contributed by atoms with Crippen LogP contribution in [-0.4, -0.2) is 0 Å². The summed E-state index contributed by atoms with van der Waals surface area (Å²) in [5.74, 6) is 0. The van der Waals surface area contributed by atoms with E-state index in [9.17, 15) is 0 Å². The molecule has 0 fully saturated rings. The highest BCUT2D eigenvalue weighted by molar-refractivity contribution is 5.81. The molecule has 1 aliphatic rings. The minimum atomic E-state index is 0.934. The molecule has 0 saturated heterocycles. The quantitative estimate of drug-likeness (QED) is 0.129. The lowest BCUT2D eigenvalue weighted by atomic mass is 9.94. The fourth-order valence-corrected chi connectivity index (χ4v) is 8.21. The molecule has 0 aliphatic heterocycles. The highest BCUT2D eigenvalue weighted by atomic mass is 15.2. The van der Waals surface area contributed by atoms with E-state index in [0.29, 0.717) is 0 Å². The molecule has 9 rings (SSSR count). The van der Waals surface area contributed by atoms with Crippen molar-refractivity contribution in [2.75, 3.05) is 14.7 Å². The van der Waals surface area contributed by atoms with Gasteiger partial charge in [-0.2, -0.15) is 0 Å². The Morgan fingerprint density at radius 1 is 0.262 bits per heavy atom. The molecule has 0 atom stereocenters. The van der Waals surface area contributed by atoms with Crippen LogP contribution in [0.25, 0.3) is 16.7 Å². The summed E-state index contributed by atoms with van der Waals surface area (Å²) < 4.78 is 0. The summed E-state index contributed by atoms with van der Waals surface area (Å²) in [5.41, 5.74) is 20.4. The number of para-hydroxylation sites is 1. The van der Waals surface area contributed by atoms with Crippen molar-refractivity contribution >= 4 is 51.1 Å². The molecule has 0 saturated carbocycles. The summed E-state index contributed by atoms with van der Waals surface area (Å²) in [5, 5.41) is 0. The van der Waals surface area contributed by atoms with Crippen LogP contribution in [-0.2, 0) is 0 Å². The first-order valence-corrected chi connectivity index (χ1v) is 21.3. The number of hydrogen-bond acceptors (Lipinski definition) is 3. The summed E-state index contributed by atoms with van der Waals surface area (Å²) in [4.78, 5) is 7.06. The zero-order valence-corrected chi connectivity index (χ0v) is 35.5. The number of aryl methyl sites for hydroxylation is 4. The maximum atomic E-state index is 2.41. The Labute approximate surface area is 361 Å². The third kappa shape index (κ3) is 8.69. The maximum Gasteiger partial charge on any atom is 0.0462 e. The zero-order chi connectivity index (χ0) is 41.7. The Bertz CT molecular complexity index is 2670. The second-order valence-corrected chi connectivity index (χ2v) is 16.2. The molecule has 3 heteroatoms. The molecule has 0 aromatic heterocycles. The number of allylic oxidation sites excluding steroid dienone is 4. The van der Waals surface area contributed by atoms with E-state index < -0.39 is 0 Å². The number of nitrogens with zero attached hydrogens (tertiary/aromatic N) is 3. The van der Waals surface area contributed by atoms with Crippen molar-refractivity contribution in [3.8, 4) is 11.1 Å². The molecule has 0 radical (unpaired) electrons. The van der Waals surface area contributed by atoms with Crippen molar-refractivity contribution in [1.29, 1.82) is 0 Å². The van der Waals surface area contributed by atoms with E-state index in [1.165, 1.54) is 50.2 Å². The van der Waals surface area contributed by atoms with E-state index in [1.807, 2.05) is 0 Å². The van der Waals surface area contributed by atoms with Crippen LogP contribution in [0.3, 0.4) is 0 Å². The number of hydrogen-bond donors (Lipinski definition) is 0. The van der Waals surface area contributed by atoms with Gasteiger partial charge in [0.1, 0.15) is 0 Å². The average Bonchev–Trinajstić information content (AvgIpc) is 3.30. The van der Waals surface area contributed by atoms with E-state index in [-0.39, 0.29) is 0 Å². The van der Waals surface area contributed by atoms with Crippen LogP contribution in [0.5, 0.6) is 0 Å². The van der Waals surface area contributed by atoms with E-state index in [1.54, 1.807) is 0 Å². The van der Waals surface area contributed by atoms with Gasteiger partial charge in [0.05, 0.1) is 0 Å². The first-order chi connectivity index (χ1) is 29.9. The summed E-state index contributed by atoms with van der Waals surface area (Å²) in [7, 11) is 0. The molecule has 61 heavy (non-hydrogen) atoms. The normalized spacial score (nSPS) is 12.3. The van der Waals surface area contributed by atoms with Crippen molar-refractivity contribution in [3.63, 3.8) is 0 Å². The standard InChI is InChI=1S/C58H51N3/c1-42-10-26-51(27-11-42)60(52-28-12-43(2)13-29-52)57-38-22-48(23-39-57)46-18-34-55(35-19-46)59(50-8-6-5-7-9-50)56-36-20-47(21-37-56)49-24-40-58(41-25-49)61(53-30-14-44(3)15-31-53)54-32-16-45(4)17-33-54/h5-20,22-36,38-41H,21,37H2,1-4H3. The Balaban J connectivity index is 0.966. The van der Waals surface area contributed by atoms with Crippen molar-refractivity contribution < 1.29 is 0 Å². The SMILES string of the molecule is Cc1ccc(N(c2ccc(C)cc2)c2ccc(C3=CC=C(N(c4ccccc4)c4ccc(-c5ccc(N(c6ccc(C)cc6)c6ccc(C)cc6)cc5)cc4)CC3)cc2)cc1. The highest BCUT2D eigenvalue weighted by Gasteiger charge is 2.20. The van der Waals surface area contributed by atoms with Crippen molar-refractivity contribution in [2.45, 2.75) is 40.5 Å². The zero-order valence-electron chi connectivity index (χ0n) is 35.5. The van der Waals surface area contributed by atoms with Crippen LogP contribution in [0.1, 0.15) is 40.7 Å². The van der Waals surface area contributed by atoms with Crippen LogP contribution >= 0.6 is 0 Å². The lowest BCUT2D eigenvalue weighted by Crippen LogP contribution is -2.17. The summed E-state index contributed by atoms with van der Waals surface area (Å²) in [6.07, 6.45) is 6.52. The highest BCUT2D eigenvalue weighted by Crippen LogP contribution is 2.40. The van der Waals surface area contributed by atoms with Crippen molar-refractivity contribution in [1.82, 2.24) is 0 Å².